The number of likely N-dealkylation sites (N-methyl/N-ethyl adjacent to an activating group) is 1. The van der Waals surface area contributed by atoms with Gasteiger partial charge in [0.15, 0.2) is 0 Å². The van der Waals surface area contributed by atoms with E-state index in [1.807, 2.05) is 24.3 Å². The maximum Gasteiger partial charge on any atom is 0.255 e. The van der Waals surface area contributed by atoms with E-state index >= 15 is 0 Å². The molecule has 2 heterocycles. The Balaban J connectivity index is 1.44. The van der Waals surface area contributed by atoms with Crippen LogP contribution in [0.3, 0.4) is 0 Å². The number of nitrogens with one attached hydrogen (secondary N) is 1. The van der Waals surface area contributed by atoms with Gasteiger partial charge in [-0.2, -0.15) is 0 Å². The predicted molar refractivity (Wildman–Crippen MR) is 109 cm³/mol. The monoisotopic (exact) mass is 366 g/mol. The van der Waals surface area contributed by atoms with E-state index in [4.69, 9.17) is 4.11 Å². The summed E-state index contributed by atoms with van der Waals surface area (Å²) in [5.41, 5.74) is 3.24. The second kappa shape index (κ2) is 7.40. The number of carbonyl (C=O) groups is 1. The van der Waals surface area contributed by atoms with E-state index in [0.29, 0.717) is 22.3 Å². The van der Waals surface area contributed by atoms with Crippen molar-refractivity contribution in [3.8, 4) is 0 Å². The summed E-state index contributed by atoms with van der Waals surface area (Å²) in [5.74, 6) is -0.260. The van der Waals surface area contributed by atoms with Crippen molar-refractivity contribution >= 4 is 28.3 Å². The number of amides is 1. The number of aryl methyl sites for hydroxylation is 1. The zero-order valence-corrected chi connectivity index (χ0v) is 15.4. The SMILES string of the molecule is [2H]C([2H])([2H])n1cnc2cc(C(=O)Nc3ccc(N4CCN(CC)CC4)cc3)ccc21. The van der Waals surface area contributed by atoms with Gasteiger partial charge in [0.05, 0.1) is 17.4 Å². The topological polar surface area (TPSA) is 53.4 Å². The second-order valence-electron chi connectivity index (χ2n) is 6.74. The summed E-state index contributed by atoms with van der Waals surface area (Å²) in [6, 6.07) is 12.7. The first-order chi connectivity index (χ1) is 14.3. The van der Waals surface area contributed by atoms with Crippen LogP contribution in [0.1, 0.15) is 21.4 Å². The number of imidazole rings is 1. The summed E-state index contributed by atoms with van der Waals surface area (Å²) >= 11 is 0. The van der Waals surface area contributed by atoms with Crippen LogP contribution in [0.4, 0.5) is 11.4 Å². The highest BCUT2D eigenvalue weighted by Gasteiger charge is 2.16. The number of piperazine rings is 1. The summed E-state index contributed by atoms with van der Waals surface area (Å²) < 4.78 is 23.7. The number of aromatic nitrogens is 2. The van der Waals surface area contributed by atoms with Gasteiger partial charge in [0.1, 0.15) is 0 Å². The molecule has 140 valence electrons. The van der Waals surface area contributed by atoms with Crippen LogP contribution in [-0.2, 0) is 6.98 Å². The number of hydrogen-bond acceptors (Lipinski definition) is 4. The van der Waals surface area contributed by atoms with Crippen LogP contribution >= 0.6 is 0 Å². The van der Waals surface area contributed by atoms with Crippen LogP contribution in [0, 0.1) is 0 Å². The minimum absolute atomic E-state index is 0.260. The van der Waals surface area contributed by atoms with Gasteiger partial charge >= 0.3 is 0 Å². The molecule has 3 aromatic rings. The Morgan fingerprint density at radius 3 is 2.63 bits per heavy atom. The van der Waals surface area contributed by atoms with Crippen molar-refractivity contribution in [2.24, 2.45) is 6.98 Å². The van der Waals surface area contributed by atoms with Crippen LogP contribution < -0.4 is 10.2 Å². The number of anilines is 2. The molecular formula is C21H25N5O. The standard InChI is InChI=1S/C21H25N5O/c1-3-25-10-12-26(13-11-25)18-7-5-17(6-8-18)23-21(27)16-4-9-20-19(14-16)22-15-24(20)2/h4-9,14-15H,3,10-13H2,1-2H3,(H,23,27)/i2D3. The summed E-state index contributed by atoms with van der Waals surface area (Å²) in [7, 11) is 0. The molecule has 1 saturated heterocycles. The summed E-state index contributed by atoms with van der Waals surface area (Å²) in [4.78, 5) is 21.6. The molecule has 1 N–H and O–H groups in total. The summed E-state index contributed by atoms with van der Waals surface area (Å²) in [6.45, 7) is 5.10. The van der Waals surface area contributed by atoms with E-state index in [2.05, 4.69) is 27.0 Å². The summed E-state index contributed by atoms with van der Waals surface area (Å²) in [5, 5.41) is 2.89. The van der Waals surface area contributed by atoms with Crippen molar-refractivity contribution in [1.29, 1.82) is 0 Å². The van der Waals surface area contributed by atoms with E-state index in [1.54, 1.807) is 18.2 Å². The van der Waals surface area contributed by atoms with E-state index in [-0.39, 0.29) is 5.91 Å². The smallest absolute Gasteiger partial charge is 0.255 e. The first kappa shape index (κ1) is 14.2. The third-order valence-electron chi connectivity index (χ3n) is 5.12. The van der Waals surface area contributed by atoms with Crippen molar-refractivity contribution < 1.29 is 8.91 Å². The van der Waals surface area contributed by atoms with Gasteiger partial charge in [-0.1, -0.05) is 6.92 Å². The fraction of sp³-hybridized carbons (Fsp3) is 0.333. The van der Waals surface area contributed by atoms with E-state index < -0.39 is 6.98 Å². The molecule has 0 unspecified atom stereocenters. The molecule has 1 amide bonds. The third-order valence-corrected chi connectivity index (χ3v) is 5.12. The van der Waals surface area contributed by atoms with Crippen LogP contribution in [-0.4, -0.2) is 53.1 Å². The Kier molecular flexibility index (Phi) is 3.90. The molecule has 0 aliphatic carbocycles. The predicted octanol–water partition coefficient (Wildman–Crippen LogP) is 2.97. The summed E-state index contributed by atoms with van der Waals surface area (Å²) in [6.07, 6.45) is 1.28. The number of fused-ring (bicyclic) bond motifs is 1. The Morgan fingerprint density at radius 2 is 1.93 bits per heavy atom. The minimum Gasteiger partial charge on any atom is -0.369 e. The molecule has 1 aliphatic heterocycles. The lowest BCUT2D eigenvalue weighted by molar-refractivity contribution is 0.102. The van der Waals surface area contributed by atoms with Crippen molar-refractivity contribution in [2.75, 3.05) is 42.9 Å². The molecule has 0 saturated carbocycles. The molecule has 0 radical (unpaired) electrons. The maximum atomic E-state index is 12.6. The first-order valence-electron chi connectivity index (χ1n) is 10.7. The normalized spacial score (nSPS) is 17.4. The van der Waals surface area contributed by atoms with Gasteiger partial charge in [0.25, 0.3) is 5.91 Å². The number of benzene rings is 2. The molecule has 4 rings (SSSR count). The number of carbonyl (C=O) groups excluding carboxylic acids is 1. The van der Waals surface area contributed by atoms with Crippen LogP contribution in [0.25, 0.3) is 11.0 Å². The fourth-order valence-corrected chi connectivity index (χ4v) is 3.44. The molecule has 1 aromatic heterocycles. The van der Waals surface area contributed by atoms with E-state index in [1.165, 1.54) is 6.33 Å². The molecule has 2 aromatic carbocycles. The lowest BCUT2D eigenvalue weighted by atomic mass is 10.1. The molecule has 1 aliphatic rings. The van der Waals surface area contributed by atoms with Gasteiger partial charge in [0, 0.05) is 54.2 Å². The van der Waals surface area contributed by atoms with Crippen molar-refractivity contribution in [3.63, 3.8) is 0 Å². The van der Waals surface area contributed by atoms with Crippen LogP contribution in [0.2, 0.25) is 0 Å². The van der Waals surface area contributed by atoms with Gasteiger partial charge in [-0.3, -0.25) is 4.79 Å². The number of hydrogen-bond donors (Lipinski definition) is 1. The highest BCUT2D eigenvalue weighted by Crippen LogP contribution is 2.21. The zero-order valence-electron chi connectivity index (χ0n) is 18.4. The van der Waals surface area contributed by atoms with Gasteiger partial charge in [0.2, 0.25) is 0 Å². The van der Waals surface area contributed by atoms with Gasteiger partial charge < -0.3 is 19.7 Å². The average Bonchev–Trinajstić information content (AvgIpc) is 3.18. The van der Waals surface area contributed by atoms with Crippen LogP contribution in [0.15, 0.2) is 48.8 Å². The van der Waals surface area contributed by atoms with Gasteiger partial charge in [-0.15, -0.1) is 0 Å². The minimum atomic E-state index is -2.30. The van der Waals surface area contributed by atoms with Crippen molar-refractivity contribution in [3.05, 3.63) is 54.4 Å². The molecule has 1 fully saturated rings. The zero-order chi connectivity index (χ0) is 21.3. The lowest BCUT2D eigenvalue weighted by Crippen LogP contribution is -2.46. The number of rotatable bonds is 4. The highest BCUT2D eigenvalue weighted by molar-refractivity contribution is 6.06. The molecule has 27 heavy (non-hydrogen) atoms. The Morgan fingerprint density at radius 1 is 1.15 bits per heavy atom. The number of nitrogens with zero attached hydrogens (tertiary/aromatic N) is 4. The van der Waals surface area contributed by atoms with Crippen molar-refractivity contribution in [2.45, 2.75) is 6.92 Å². The largest absolute Gasteiger partial charge is 0.369 e. The molecule has 0 bridgehead atoms. The quantitative estimate of drug-likeness (QED) is 0.771. The Bertz CT molecular complexity index is 1040. The second-order valence-corrected chi connectivity index (χ2v) is 6.74. The van der Waals surface area contributed by atoms with Gasteiger partial charge in [-0.25, -0.2) is 4.98 Å². The molecule has 6 heteroatoms. The highest BCUT2D eigenvalue weighted by atomic mass is 16.1. The van der Waals surface area contributed by atoms with Crippen LogP contribution in [0.5, 0.6) is 0 Å². The van der Waals surface area contributed by atoms with E-state index in [9.17, 15) is 4.79 Å². The molecule has 6 nitrogen and oxygen atoms in total. The Hall–Kier alpha value is -2.86. The average molecular weight is 366 g/mol. The van der Waals surface area contributed by atoms with Crippen molar-refractivity contribution in [1.82, 2.24) is 14.5 Å². The van der Waals surface area contributed by atoms with Gasteiger partial charge in [-0.05, 0) is 49.0 Å². The molecule has 0 spiro atoms. The molecular weight excluding hydrogens is 338 g/mol. The van der Waals surface area contributed by atoms with E-state index in [0.717, 1.165) is 43.0 Å². The maximum absolute atomic E-state index is 12.6. The lowest BCUT2D eigenvalue weighted by Gasteiger charge is -2.35. The first-order valence-corrected chi connectivity index (χ1v) is 9.21. The molecule has 0 atom stereocenters. The Labute approximate surface area is 163 Å². The third kappa shape index (κ3) is 3.66. The fourth-order valence-electron chi connectivity index (χ4n) is 3.44.